The molecule has 0 bridgehead atoms. The summed E-state index contributed by atoms with van der Waals surface area (Å²) >= 11 is 0. The van der Waals surface area contributed by atoms with Gasteiger partial charge in [-0.2, -0.15) is 0 Å². The number of methoxy groups -OCH3 is 1. The molecule has 1 fully saturated rings. The van der Waals surface area contributed by atoms with E-state index < -0.39 is 10.0 Å². The molecule has 156 valence electrons. The van der Waals surface area contributed by atoms with Gasteiger partial charge in [0.25, 0.3) is 5.91 Å². The number of likely N-dealkylation sites (tertiary alicyclic amines) is 1. The van der Waals surface area contributed by atoms with Crippen LogP contribution < -0.4 is 9.46 Å². The molecule has 0 radical (unpaired) electrons. The summed E-state index contributed by atoms with van der Waals surface area (Å²) in [4.78, 5) is 14.5. The maximum absolute atomic E-state index is 12.9. The van der Waals surface area contributed by atoms with E-state index in [2.05, 4.69) is 4.72 Å². The smallest absolute Gasteiger partial charge is 0.257 e. The molecule has 3 rings (SSSR count). The highest BCUT2D eigenvalue weighted by Crippen LogP contribution is 2.25. The fraction of sp³-hybridized carbons (Fsp3) is 0.381. The molecule has 0 aromatic heterocycles. The number of sulfonamides is 1. The van der Waals surface area contributed by atoms with Crippen LogP contribution in [-0.4, -0.2) is 46.0 Å². The third kappa shape index (κ3) is 5.33. The molecule has 2 aromatic rings. The van der Waals surface area contributed by atoms with Crippen molar-refractivity contribution in [3.05, 3.63) is 59.4 Å². The van der Waals surface area contributed by atoms with Gasteiger partial charge in [0.15, 0.2) is 0 Å². The van der Waals surface area contributed by atoms with E-state index in [0.29, 0.717) is 31.7 Å². The molecule has 0 saturated carbocycles. The molecule has 1 aliphatic rings. The van der Waals surface area contributed by atoms with Gasteiger partial charge in [-0.25, -0.2) is 17.5 Å². The topological polar surface area (TPSA) is 75.7 Å². The standard InChI is InChI=1S/C21H25FN2O4S/c1-28-20-11-10-18(15-19(20)21(25)24-13-2-3-14-24)29(26,27)23-12-4-5-16-6-8-17(22)9-7-16/h6-11,15,23H,2-5,12-14H2,1H3. The number of aryl methyl sites for hydroxylation is 1. The van der Waals surface area contributed by atoms with E-state index in [-0.39, 0.29) is 28.7 Å². The van der Waals surface area contributed by atoms with Crippen LogP contribution in [0.2, 0.25) is 0 Å². The minimum absolute atomic E-state index is 0.0302. The minimum atomic E-state index is -3.76. The summed E-state index contributed by atoms with van der Waals surface area (Å²) < 4.78 is 46.1. The minimum Gasteiger partial charge on any atom is -0.496 e. The van der Waals surface area contributed by atoms with E-state index in [0.717, 1.165) is 18.4 Å². The van der Waals surface area contributed by atoms with Crippen LogP contribution in [-0.2, 0) is 16.4 Å². The van der Waals surface area contributed by atoms with Crippen molar-refractivity contribution in [3.8, 4) is 5.75 Å². The Morgan fingerprint density at radius 3 is 2.48 bits per heavy atom. The number of rotatable bonds is 8. The van der Waals surface area contributed by atoms with Gasteiger partial charge in [-0.05, 0) is 61.6 Å². The molecule has 0 spiro atoms. The summed E-state index contributed by atoms with van der Waals surface area (Å²) in [5.74, 6) is -0.155. The van der Waals surface area contributed by atoms with Gasteiger partial charge in [-0.1, -0.05) is 12.1 Å². The summed E-state index contributed by atoms with van der Waals surface area (Å²) in [5.41, 5.74) is 1.19. The number of hydrogen-bond acceptors (Lipinski definition) is 4. The predicted octanol–water partition coefficient (Wildman–Crippen LogP) is 2.98. The van der Waals surface area contributed by atoms with Crippen molar-refractivity contribution in [3.63, 3.8) is 0 Å². The number of nitrogens with one attached hydrogen (secondary N) is 1. The lowest BCUT2D eigenvalue weighted by molar-refractivity contribution is 0.0789. The van der Waals surface area contributed by atoms with Gasteiger partial charge in [0.2, 0.25) is 10.0 Å². The Morgan fingerprint density at radius 1 is 1.14 bits per heavy atom. The zero-order valence-electron chi connectivity index (χ0n) is 16.4. The van der Waals surface area contributed by atoms with Gasteiger partial charge in [0.1, 0.15) is 11.6 Å². The quantitative estimate of drug-likeness (QED) is 0.666. The number of amides is 1. The van der Waals surface area contributed by atoms with Crippen molar-refractivity contribution in [1.29, 1.82) is 0 Å². The second-order valence-electron chi connectivity index (χ2n) is 6.99. The van der Waals surface area contributed by atoms with E-state index in [9.17, 15) is 17.6 Å². The number of hydrogen-bond donors (Lipinski definition) is 1. The lowest BCUT2D eigenvalue weighted by Crippen LogP contribution is -2.29. The van der Waals surface area contributed by atoms with Crippen LogP contribution >= 0.6 is 0 Å². The Bertz CT molecular complexity index is 955. The van der Waals surface area contributed by atoms with Crippen LogP contribution in [0.1, 0.15) is 35.2 Å². The van der Waals surface area contributed by atoms with Crippen molar-refractivity contribution in [1.82, 2.24) is 9.62 Å². The largest absolute Gasteiger partial charge is 0.496 e. The molecule has 0 aliphatic carbocycles. The highest BCUT2D eigenvalue weighted by Gasteiger charge is 2.25. The van der Waals surface area contributed by atoms with Crippen molar-refractivity contribution < 1.29 is 22.3 Å². The molecular weight excluding hydrogens is 395 g/mol. The van der Waals surface area contributed by atoms with Gasteiger partial charge in [-0.15, -0.1) is 0 Å². The Hall–Kier alpha value is -2.45. The molecule has 1 heterocycles. The van der Waals surface area contributed by atoms with E-state index in [1.807, 2.05) is 0 Å². The summed E-state index contributed by atoms with van der Waals surface area (Å²) in [6, 6.07) is 10.5. The number of ether oxygens (including phenoxy) is 1. The van der Waals surface area contributed by atoms with Gasteiger partial charge < -0.3 is 9.64 Å². The molecule has 1 amide bonds. The first kappa shape index (κ1) is 21.3. The van der Waals surface area contributed by atoms with E-state index >= 15 is 0 Å². The summed E-state index contributed by atoms with van der Waals surface area (Å²) in [6.07, 6.45) is 3.09. The second kappa shape index (κ2) is 9.37. The molecular formula is C21H25FN2O4S. The van der Waals surface area contributed by atoms with Crippen LogP contribution in [0.3, 0.4) is 0 Å². The van der Waals surface area contributed by atoms with Crippen molar-refractivity contribution in [2.24, 2.45) is 0 Å². The normalized spacial score (nSPS) is 14.2. The monoisotopic (exact) mass is 420 g/mol. The van der Waals surface area contributed by atoms with E-state index in [1.54, 1.807) is 17.0 Å². The summed E-state index contributed by atoms with van der Waals surface area (Å²) in [6.45, 7) is 1.57. The summed E-state index contributed by atoms with van der Waals surface area (Å²) in [5, 5.41) is 0. The summed E-state index contributed by atoms with van der Waals surface area (Å²) in [7, 11) is -2.31. The number of carbonyl (C=O) groups is 1. The Balaban J connectivity index is 1.66. The highest BCUT2D eigenvalue weighted by atomic mass is 32.2. The van der Waals surface area contributed by atoms with Crippen LogP contribution in [0.15, 0.2) is 47.4 Å². The third-order valence-corrected chi connectivity index (χ3v) is 6.41. The van der Waals surface area contributed by atoms with Crippen LogP contribution in [0.5, 0.6) is 5.75 Å². The highest BCUT2D eigenvalue weighted by molar-refractivity contribution is 7.89. The average Bonchev–Trinajstić information content (AvgIpc) is 3.26. The van der Waals surface area contributed by atoms with Gasteiger partial charge in [0, 0.05) is 19.6 Å². The van der Waals surface area contributed by atoms with E-state index in [4.69, 9.17) is 4.74 Å². The van der Waals surface area contributed by atoms with Gasteiger partial charge >= 0.3 is 0 Å². The molecule has 0 atom stereocenters. The zero-order valence-corrected chi connectivity index (χ0v) is 17.2. The fourth-order valence-electron chi connectivity index (χ4n) is 3.35. The number of benzene rings is 2. The number of halogens is 1. The van der Waals surface area contributed by atoms with Crippen molar-refractivity contribution >= 4 is 15.9 Å². The molecule has 8 heteroatoms. The van der Waals surface area contributed by atoms with Crippen molar-refractivity contribution in [2.45, 2.75) is 30.6 Å². The average molecular weight is 421 g/mol. The number of carbonyl (C=O) groups excluding carboxylic acids is 1. The van der Waals surface area contributed by atoms with Gasteiger partial charge in [-0.3, -0.25) is 4.79 Å². The van der Waals surface area contributed by atoms with Crippen LogP contribution in [0.4, 0.5) is 4.39 Å². The molecule has 1 saturated heterocycles. The Morgan fingerprint density at radius 2 is 1.83 bits per heavy atom. The lowest BCUT2D eigenvalue weighted by Gasteiger charge is -2.18. The van der Waals surface area contributed by atoms with Crippen molar-refractivity contribution in [2.75, 3.05) is 26.7 Å². The molecule has 1 N–H and O–H groups in total. The molecule has 2 aromatic carbocycles. The predicted molar refractivity (Wildman–Crippen MR) is 108 cm³/mol. The Kier molecular flexibility index (Phi) is 6.87. The fourth-order valence-corrected chi connectivity index (χ4v) is 4.45. The van der Waals surface area contributed by atoms with Crippen LogP contribution in [0.25, 0.3) is 0 Å². The van der Waals surface area contributed by atoms with Gasteiger partial charge in [0.05, 0.1) is 17.6 Å². The second-order valence-corrected chi connectivity index (χ2v) is 8.76. The molecule has 6 nitrogen and oxygen atoms in total. The molecule has 1 aliphatic heterocycles. The first-order chi connectivity index (χ1) is 13.9. The first-order valence-electron chi connectivity index (χ1n) is 9.62. The SMILES string of the molecule is COc1ccc(S(=O)(=O)NCCCc2ccc(F)cc2)cc1C(=O)N1CCCC1. The maximum Gasteiger partial charge on any atom is 0.257 e. The number of nitrogens with zero attached hydrogens (tertiary/aromatic N) is 1. The van der Waals surface area contributed by atoms with E-state index in [1.165, 1.54) is 37.4 Å². The maximum atomic E-state index is 12.9. The molecule has 29 heavy (non-hydrogen) atoms. The molecule has 0 unspecified atom stereocenters. The Labute approximate surface area is 170 Å². The lowest BCUT2D eigenvalue weighted by atomic mass is 10.1. The zero-order chi connectivity index (χ0) is 20.9. The third-order valence-electron chi connectivity index (χ3n) is 4.95. The first-order valence-corrected chi connectivity index (χ1v) is 11.1. The van der Waals surface area contributed by atoms with Crippen LogP contribution in [0, 0.1) is 5.82 Å².